The number of ether oxygens (including phenoxy) is 1. The van der Waals surface area contributed by atoms with Crippen molar-refractivity contribution < 1.29 is 9.66 Å². The van der Waals surface area contributed by atoms with E-state index in [1.165, 1.54) is 6.07 Å². The first-order valence-electron chi connectivity index (χ1n) is 4.60. The Morgan fingerprint density at radius 1 is 1.50 bits per heavy atom. The van der Waals surface area contributed by atoms with Gasteiger partial charge in [0.15, 0.2) is 0 Å². The van der Waals surface area contributed by atoms with Gasteiger partial charge in [-0.1, -0.05) is 0 Å². The summed E-state index contributed by atoms with van der Waals surface area (Å²) in [6, 6.07) is 3.21. The molecule has 2 rings (SSSR count). The van der Waals surface area contributed by atoms with Crippen molar-refractivity contribution in [1.82, 2.24) is 0 Å². The number of hydrogen-bond donors (Lipinski definition) is 0. The van der Waals surface area contributed by atoms with E-state index >= 15 is 0 Å². The number of rotatable bonds is 1. The number of hydrogen-bond acceptors (Lipinski definition) is 3. The first-order chi connectivity index (χ1) is 6.70. The van der Waals surface area contributed by atoms with Gasteiger partial charge in [0.2, 0.25) is 0 Å². The van der Waals surface area contributed by atoms with Crippen LogP contribution >= 0.6 is 0 Å². The molecule has 0 radical (unpaired) electrons. The summed E-state index contributed by atoms with van der Waals surface area (Å²) in [5.74, 6) is 0.805. The molecule has 0 unspecified atom stereocenters. The van der Waals surface area contributed by atoms with Crippen LogP contribution in [0.4, 0.5) is 5.69 Å². The van der Waals surface area contributed by atoms with E-state index in [4.69, 9.17) is 4.74 Å². The SMILES string of the molecule is Cc1c([N+](=O)[O-])ccc2c1CCCO2. The van der Waals surface area contributed by atoms with Gasteiger partial charge in [-0.3, -0.25) is 10.1 Å². The van der Waals surface area contributed by atoms with E-state index in [1.54, 1.807) is 13.0 Å². The van der Waals surface area contributed by atoms with Crippen LogP contribution in [0.1, 0.15) is 17.5 Å². The second kappa shape index (κ2) is 3.29. The monoisotopic (exact) mass is 193 g/mol. The van der Waals surface area contributed by atoms with Gasteiger partial charge in [-0.15, -0.1) is 0 Å². The van der Waals surface area contributed by atoms with E-state index in [9.17, 15) is 10.1 Å². The lowest BCUT2D eigenvalue weighted by Crippen LogP contribution is -2.10. The van der Waals surface area contributed by atoms with Crippen LogP contribution in [0.3, 0.4) is 0 Å². The van der Waals surface area contributed by atoms with Crippen molar-refractivity contribution in [2.45, 2.75) is 19.8 Å². The highest BCUT2D eigenvalue weighted by atomic mass is 16.6. The molecule has 0 atom stereocenters. The van der Waals surface area contributed by atoms with E-state index in [2.05, 4.69) is 0 Å². The minimum absolute atomic E-state index is 0.189. The lowest BCUT2D eigenvalue weighted by atomic mass is 9.99. The fourth-order valence-electron chi connectivity index (χ4n) is 1.79. The fourth-order valence-corrected chi connectivity index (χ4v) is 1.79. The first-order valence-corrected chi connectivity index (χ1v) is 4.60. The minimum Gasteiger partial charge on any atom is -0.493 e. The molecule has 4 nitrogen and oxygen atoms in total. The number of benzene rings is 1. The van der Waals surface area contributed by atoms with Crippen LogP contribution in [0.2, 0.25) is 0 Å². The predicted molar refractivity (Wildman–Crippen MR) is 51.6 cm³/mol. The molecule has 0 saturated carbocycles. The smallest absolute Gasteiger partial charge is 0.272 e. The van der Waals surface area contributed by atoms with Crippen molar-refractivity contribution in [2.24, 2.45) is 0 Å². The van der Waals surface area contributed by atoms with Gasteiger partial charge in [-0.05, 0) is 25.8 Å². The van der Waals surface area contributed by atoms with Crippen LogP contribution < -0.4 is 4.74 Å². The van der Waals surface area contributed by atoms with E-state index in [0.29, 0.717) is 6.61 Å². The summed E-state index contributed by atoms with van der Waals surface area (Å²) in [5, 5.41) is 10.7. The van der Waals surface area contributed by atoms with Crippen LogP contribution in [0.5, 0.6) is 5.75 Å². The Kier molecular flexibility index (Phi) is 2.11. The lowest BCUT2D eigenvalue weighted by Gasteiger charge is -2.18. The van der Waals surface area contributed by atoms with Crippen LogP contribution in [0.15, 0.2) is 12.1 Å². The van der Waals surface area contributed by atoms with Crippen LogP contribution in [0, 0.1) is 17.0 Å². The molecule has 74 valence electrons. The van der Waals surface area contributed by atoms with Crippen molar-refractivity contribution in [1.29, 1.82) is 0 Å². The highest BCUT2D eigenvalue weighted by Crippen LogP contribution is 2.32. The molecule has 1 aliphatic heterocycles. The van der Waals surface area contributed by atoms with Crippen LogP contribution in [-0.2, 0) is 6.42 Å². The summed E-state index contributed by atoms with van der Waals surface area (Å²) in [6.07, 6.45) is 1.82. The molecule has 0 N–H and O–H groups in total. The topological polar surface area (TPSA) is 52.4 Å². The minimum atomic E-state index is -0.343. The number of nitrogens with zero attached hydrogens (tertiary/aromatic N) is 1. The molecule has 0 aromatic heterocycles. The predicted octanol–water partition coefficient (Wildman–Crippen LogP) is 2.23. The molecule has 0 spiro atoms. The van der Waals surface area contributed by atoms with Gasteiger partial charge in [0.25, 0.3) is 5.69 Å². The van der Waals surface area contributed by atoms with Gasteiger partial charge in [-0.25, -0.2) is 0 Å². The maximum Gasteiger partial charge on any atom is 0.272 e. The zero-order valence-corrected chi connectivity index (χ0v) is 7.95. The van der Waals surface area contributed by atoms with Crippen LogP contribution in [0.25, 0.3) is 0 Å². The molecule has 0 saturated heterocycles. The van der Waals surface area contributed by atoms with E-state index in [-0.39, 0.29) is 10.6 Å². The second-order valence-electron chi connectivity index (χ2n) is 3.40. The molecule has 4 heteroatoms. The Morgan fingerprint density at radius 3 is 3.00 bits per heavy atom. The molecule has 0 amide bonds. The summed E-state index contributed by atoms with van der Waals surface area (Å²) in [5.41, 5.74) is 1.92. The zero-order chi connectivity index (χ0) is 10.1. The van der Waals surface area contributed by atoms with Gasteiger partial charge in [0, 0.05) is 17.2 Å². The Hall–Kier alpha value is -1.58. The number of nitro benzene ring substituents is 1. The summed E-state index contributed by atoms with van der Waals surface area (Å²) in [6.45, 7) is 2.50. The summed E-state index contributed by atoms with van der Waals surface area (Å²) in [4.78, 5) is 10.3. The Bertz CT molecular complexity index is 387. The van der Waals surface area contributed by atoms with Crippen molar-refractivity contribution in [3.05, 3.63) is 33.4 Å². The largest absolute Gasteiger partial charge is 0.493 e. The molecule has 1 aliphatic rings. The first kappa shape index (κ1) is 8.99. The zero-order valence-electron chi connectivity index (χ0n) is 7.95. The van der Waals surface area contributed by atoms with Crippen molar-refractivity contribution in [3.63, 3.8) is 0 Å². The van der Waals surface area contributed by atoms with Gasteiger partial charge < -0.3 is 4.74 Å². The van der Waals surface area contributed by atoms with E-state index < -0.39 is 0 Å². The number of fused-ring (bicyclic) bond motifs is 1. The van der Waals surface area contributed by atoms with Crippen molar-refractivity contribution in [3.8, 4) is 5.75 Å². The molecular formula is C10H11NO3. The molecule has 14 heavy (non-hydrogen) atoms. The molecule has 0 fully saturated rings. The summed E-state index contributed by atoms with van der Waals surface area (Å²) >= 11 is 0. The average Bonchev–Trinajstić information content (AvgIpc) is 2.18. The van der Waals surface area contributed by atoms with Gasteiger partial charge in [-0.2, -0.15) is 0 Å². The second-order valence-corrected chi connectivity index (χ2v) is 3.40. The van der Waals surface area contributed by atoms with E-state index in [0.717, 1.165) is 29.7 Å². The maximum atomic E-state index is 10.7. The fraction of sp³-hybridized carbons (Fsp3) is 0.400. The highest BCUT2D eigenvalue weighted by Gasteiger charge is 2.19. The summed E-state index contributed by atoms with van der Waals surface area (Å²) < 4.78 is 5.42. The third kappa shape index (κ3) is 1.32. The van der Waals surface area contributed by atoms with Gasteiger partial charge >= 0.3 is 0 Å². The molecular weight excluding hydrogens is 182 g/mol. The average molecular weight is 193 g/mol. The molecule has 1 aromatic carbocycles. The Morgan fingerprint density at radius 2 is 2.29 bits per heavy atom. The Labute approximate surface area is 81.7 Å². The van der Waals surface area contributed by atoms with Gasteiger partial charge in [0.1, 0.15) is 5.75 Å². The molecule has 0 bridgehead atoms. The quantitative estimate of drug-likeness (QED) is 0.507. The van der Waals surface area contributed by atoms with Gasteiger partial charge in [0.05, 0.1) is 11.5 Å². The van der Waals surface area contributed by atoms with Crippen LogP contribution in [-0.4, -0.2) is 11.5 Å². The standard InChI is InChI=1S/C10H11NO3/c1-7-8-3-2-6-14-10(8)5-4-9(7)11(12)13/h4-5H,2-3,6H2,1H3. The Balaban J connectivity index is 2.54. The number of nitro groups is 1. The normalized spacial score (nSPS) is 14.4. The van der Waals surface area contributed by atoms with Crippen molar-refractivity contribution in [2.75, 3.05) is 6.61 Å². The highest BCUT2D eigenvalue weighted by molar-refractivity contribution is 5.52. The molecule has 1 aromatic rings. The molecule has 1 heterocycles. The molecule has 0 aliphatic carbocycles. The lowest BCUT2D eigenvalue weighted by molar-refractivity contribution is -0.385. The maximum absolute atomic E-state index is 10.7. The third-order valence-electron chi connectivity index (χ3n) is 2.55. The van der Waals surface area contributed by atoms with E-state index in [1.807, 2.05) is 0 Å². The van der Waals surface area contributed by atoms with Crippen molar-refractivity contribution >= 4 is 5.69 Å². The third-order valence-corrected chi connectivity index (χ3v) is 2.55. The summed E-state index contributed by atoms with van der Waals surface area (Å²) in [7, 11) is 0.